The minimum Gasteiger partial charge on any atom is -0.455 e. The monoisotopic (exact) mass is 415 g/mol. The lowest BCUT2D eigenvalue weighted by Gasteiger charge is -2.19. The normalized spacial score (nSPS) is 12.0. The molecule has 0 saturated carbocycles. The molecule has 0 bridgehead atoms. The number of benzene rings is 2. The maximum absolute atomic E-state index is 9.71. The Kier molecular flexibility index (Phi) is 7.50. The topological polar surface area (TPSA) is 70.4 Å². The Balaban J connectivity index is 1.76. The summed E-state index contributed by atoms with van der Waals surface area (Å²) in [5, 5.41) is 9.71. The molecule has 31 heavy (non-hydrogen) atoms. The van der Waals surface area contributed by atoms with Gasteiger partial charge in [0.1, 0.15) is 17.4 Å². The van der Waals surface area contributed by atoms with Crippen LogP contribution >= 0.6 is 0 Å². The van der Waals surface area contributed by atoms with Gasteiger partial charge >= 0.3 is 0 Å². The predicted molar refractivity (Wildman–Crippen MR) is 125 cm³/mol. The number of rotatable bonds is 9. The van der Waals surface area contributed by atoms with E-state index in [2.05, 4.69) is 42.0 Å². The van der Waals surface area contributed by atoms with Gasteiger partial charge in [0.25, 0.3) is 0 Å². The summed E-state index contributed by atoms with van der Waals surface area (Å²) in [6, 6.07) is 18.4. The molecule has 2 aromatic carbocycles. The number of H-pyrrole nitrogens is 1. The average Bonchev–Trinajstić information content (AvgIpc) is 3.13. The lowest BCUT2D eigenvalue weighted by molar-refractivity contribution is -0.00205. The zero-order chi connectivity index (χ0) is 22.2. The minimum absolute atomic E-state index is 0.461. The van der Waals surface area contributed by atoms with Crippen molar-refractivity contribution in [1.29, 1.82) is 5.26 Å². The van der Waals surface area contributed by atoms with Crippen LogP contribution in [0.5, 0.6) is 5.75 Å². The van der Waals surface area contributed by atoms with Crippen LogP contribution in [0.2, 0.25) is 0 Å². The van der Waals surface area contributed by atoms with Crippen molar-refractivity contribution in [2.24, 2.45) is 4.99 Å². The maximum Gasteiger partial charge on any atom is 0.242 e. The molecule has 0 fully saturated rings. The van der Waals surface area contributed by atoms with Gasteiger partial charge in [0, 0.05) is 17.7 Å². The molecule has 5 nitrogen and oxygen atoms in total. The summed E-state index contributed by atoms with van der Waals surface area (Å²) in [5.74, 6) is 1.31. The average molecular weight is 416 g/mol. The number of nitriles is 1. The van der Waals surface area contributed by atoms with E-state index in [1.807, 2.05) is 50.2 Å². The molecule has 3 rings (SSSR count). The third-order valence-corrected chi connectivity index (χ3v) is 5.24. The molecular weight excluding hydrogens is 386 g/mol. The lowest BCUT2D eigenvalue weighted by Crippen LogP contribution is -2.19. The van der Waals surface area contributed by atoms with Gasteiger partial charge in [0.15, 0.2) is 12.2 Å². The molecule has 0 spiro atoms. The summed E-state index contributed by atoms with van der Waals surface area (Å²) in [6.45, 7) is 8.20. The highest BCUT2D eigenvalue weighted by molar-refractivity contribution is 5.79. The largest absolute Gasteiger partial charge is 0.455 e. The zero-order valence-corrected chi connectivity index (χ0v) is 18.6. The summed E-state index contributed by atoms with van der Waals surface area (Å²) in [4.78, 5) is 7.57. The predicted octanol–water partition coefficient (Wildman–Crippen LogP) is 6.48. The molecule has 1 N–H and O–H groups in total. The molecule has 5 heteroatoms. The van der Waals surface area contributed by atoms with Crippen molar-refractivity contribution in [2.45, 2.75) is 53.2 Å². The summed E-state index contributed by atoms with van der Waals surface area (Å²) < 4.78 is 11.9. The van der Waals surface area contributed by atoms with E-state index < -0.39 is 6.29 Å². The van der Waals surface area contributed by atoms with Crippen LogP contribution in [0.4, 0.5) is 5.82 Å². The third-order valence-electron chi connectivity index (χ3n) is 5.24. The van der Waals surface area contributed by atoms with Gasteiger partial charge < -0.3 is 14.5 Å². The smallest absolute Gasteiger partial charge is 0.242 e. The Bertz CT molecular complexity index is 1080. The van der Waals surface area contributed by atoms with Gasteiger partial charge in [-0.15, -0.1) is 0 Å². The molecular formula is C26H29N3O2. The number of hydrogen-bond donors (Lipinski definition) is 1. The van der Waals surface area contributed by atoms with E-state index in [-0.39, 0.29) is 0 Å². The fourth-order valence-electron chi connectivity index (χ4n) is 3.52. The molecule has 0 aliphatic rings. The highest BCUT2D eigenvalue weighted by Crippen LogP contribution is 2.33. The van der Waals surface area contributed by atoms with Crippen LogP contribution in [-0.4, -0.2) is 17.7 Å². The highest BCUT2D eigenvalue weighted by Gasteiger charge is 2.16. The lowest BCUT2D eigenvalue weighted by atomic mass is 10.0. The first-order valence-electron chi connectivity index (χ1n) is 10.8. The number of aromatic amines is 1. The number of aliphatic imine (C=N–C) groups is 1. The van der Waals surface area contributed by atoms with Crippen LogP contribution < -0.4 is 4.74 Å². The van der Waals surface area contributed by atoms with Crippen molar-refractivity contribution < 1.29 is 9.47 Å². The second-order valence-corrected chi connectivity index (χ2v) is 7.30. The van der Waals surface area contributed by atoms with Crippen molar-refractivity contribution in [2.75, 3.05) is 0 Å². The van der Waals surface area contributed by atoms with Crippen LogP contribution in [0.25, 0.3) is 11.1 Å². The Morgan fingerprint density at radius 3 is 2.52 bits per heavy atom. The van der Waals surface area contributed by atoms with Gasteiger partial charge in [-0.05, 0) is 42.5 Å². The fraction of sp³-hybridized carbons (Fsp3) is 0.308. The summed E-state index contributed by atoms with van der Waals surface area (Å²) in [7, 11) is 0. The Labute approximate surface area is 184 Å². The molecule has 0 aliphatic heterocycles. The number of nitrogens with zero attached hydrogens (tertiary/aromatic N) is 2. The first kappa shape index (κ1) is 22.2. The van der Waals surface area contributed by atoms with Crippen LogP contribution in [0, 0.1) is 18.3 Å². The fourth-order valence-corrected chi connectivity index (χ4v) is 3.52. The maximum atomic E-state index is 9.71. The van der Waals surface area contributed by atoms with E-state index in [0.29, 0.717) is 17.8 Å². The van der Waals surface area contributed by atoms with Crippen molar-refractivity contribution in [3.63, 3.8) is 0 Å². The summed E-state index contributed by atoms with van der Waals surface area (Å²) in [5.41, 5.74) is 5.69. The first-order chi connectivity index (χ1) is 15.1. The van der Waals surface area contributed by atoms with Gasteiger partial charge in [-0.2, -0.15) is 5.26 Å². The van der Waals surface area contributed by atoms with E-state index in [1.54, 1.807) is 0 Å². The molecule has 3 aromatic rings. The molecule has 1 atom stereocenters. The second-order valence-electron chi connectivity index (χ2n) is 7.30. The second kappa shape index (κ2) is 10.5. The van der Waals surface area contributed by atoms with E-state index in [4.69, 9.17) is 9.47 Å². The van der Waals surface area contributed by atoms with Crippen molar-refractivity contribution in [3.05, 3.63) is 70.9 Å². The number of hydrogen-bond acceptors (Lipinski definition) is 4. The molecule has 160 valence electrons. The van der Waals surface area contributed by atoms with Crippen LogP contribution in [0.1, 0.15) is 49.6 Å². The quantitative estimate of drug-likeness (QED) is 0.247. The van der Waals surface area contributed by atoms with E-state index in [1.165, 1.54) is 12.0 Å². The number of ether oxygens (including phenoxy) is 2. The SMILES string of the molecule is CCc1ccc(OC(CC)OC=Nc2[nH]c(C)c(-c3ccccc3)c2C#N)c(CC)c1. The summed E-state index contributed by atoms with van der Waals surface area (Å²) in [6.07, 6.45) is 3.45. The molecule has 0 amide bonds. The first-order valence-corrected chi connectivity index (χ1v) is 10.8. The van der Waals surface area contributed by atoms with E-state index in [0.717, 1.165) is 41.0 Å². The van der Waals surface area contributed by atoms with Crippen LogP contribution in [0.3, 0.4) is 0 Å². The van der Waals surface area contributed by atoms with Crippen LogP contribution in [-0.2, 0) is 17.6 Å². The molecule has 0 radical (unpaired) electrons. The third kappa shape index (κ3) is 5.16. The number of aryl methyl sites for hydroxylation is 3. The number of nitrogens with one attached hydrogen (secondary N) is 1. The molecule has 0 saturated heterocycles. The molecule has 0 aliphatic carbocycles. The Morgan fingerprint density at radius 2 is 1.87 bits per heavy atom. The molecule has 1 heterocycles. The highest BCUT2D eigenvalue weighted by atomic mass is 16.7. The minimum atomic E-state index is -0.461. The van der Waals surface area contributed by atoms with Crippen molar-refractivity contribution in [3.8, 4) is 22.9 Å². The number of aromatic nitrogens is 1. The van der Waals surface area contributed by atoms with Gasteiger partial charge in [-0.25, -0.2) is 4.99 Å². The zero-order valence-electron chi connectivity index (χ0n) is 18.6. The van der Waals surface area contributed by atoms with Gasteiger partial charge in [-0.3, -0.25) is 0 Å². The Morgan fingerprint density at radius 1 is 1.10 bits per heavy atom. The van der Waals surface area contributed by atoms with Crippen molar-refractivity contribution in [1.82, 2.24) is 4.98 Å². The Hall–Kier alpha value is -3.52. The standard InChI is InChI=1S/C26H29N3O2/c1-5-19-13-14-23(20(6-2)15-19)31-24(7-3)30-17-28-26-22(16-27)25(18(4)29-26)21-11-9-8-10-12-21/h8-15,17,24,29H,5-7H2,1-4H3. The van der Waals surface area contributed by atoms with E-state index in [9.17, 15) is 5.26 Å². The van der Waals surface area contributed by atoms with Crippen LogP contribution in [0.15, 0.2) is 53.5 Å². The van der Waals surface area contributed by atoms with E-state index >= 15 is 0 Å². The van der Waals surface area contributed by atoms with Gasteiger partial charge in [-0.1, -0.05) is 63.2 Å². The van der Waals surface area contributed by atoms with Gasteiger partial charge in [0.05, 0.1) is 0 Å². The van der Waals surface area contributed by atoms with Crippen molar-refractivity contribution >= 4 is 12.2 Å². The summed E-state index contributed by atoms with van der Waals surface area (Å²) >= 11 is 0. The molecule has 1 aromatic heterocycles. The molecule has 1 unspecified atom stereocenters. The van der Waals surface area contributed by atoms with Gasteiger partial charge in [0.2, 0.25) is 6.29 Å².